The molecular formula is C18H21N3O4. The van der Waals surface area contributed by atoms with E-state index in [4.69, 9.17) is 5.11 Å². The van der Waals surface area contributed by atoms with Crippen molar-refractivity contribution in [1.82, 2.24) is 15.1 Å². The predicted octanol–water partition coefficient (Wildman–Crippen LogP) is 1.91. The van der Waals surface area contributed by atoms with Gasteiger partial charge >= 0.3 is 5.97 Å². The molecule has 0 radical (unpaired) electrons. The summed E-state index contributed by atoms with van der Waals surface area (Å²) in [5.74, 6) is -1.54. The van der Waals surface area contributed by atoms with Crippen LogP contribution >= 0.6 is 0 Å². The molecule has 1 aromatic heterocycles. The van der Waals surface area contributed by atoms with Crippen LogP contribution < -0.4 is 10.9 Å². The van der Waals surface area contributed by atoms with Crippen molar-refractivity contribution in [3.05, 3.63) is 63.6 Å². The minimum Gasteiger partial charge on any atom is -0.481 e. The molecule has 0 bridgehead atoms. The maximum absolute atomic E-state index is 12.5. The van der Waals surface area contributed by atoms with Gasteiger partial charge in [0.2, 0.25) is 0 Å². The Hall–Kier alpha value is -2.96. The van der Waals surface area contributed by atoms with Crippen molar-refractivity contribution in [2.75, 3.05) is 0 Å². The third kappa shape index (κ3) is 5.00. The topological polar surface area (TPSA) is 101 Å². The normalized spacial score (nSPS) is 11.8. The maximum Gasteiger partial charge on any atom is 0.305 e. The highest BCUT2D eigenvalue weighted by Crippen LogP contribution is 2.18. The molecule has 7 nitrogen and oxygen atoms in total. The van der Waals surface area contributed by atoms with E-state index in [0.717, 1.165) is 5.56 Å². The van der Waals surface area contributed by atoms with E-state index < -0.39 is 17.9 Å². The van der Waals surface area contributed by atoms with E-state index in [9.17, 15) is 14.4 Å². The Kier molecular flexibility index (Phi) is 6.05. The molecule has 1 amide bonds. The predicted molar refractivity (Wildman–Crippen MR) is 92.4 cm³/mol. The number of nitrogens with zero attached hydrogens (tertiary/aromatic N) is 2. The summed E-state index contributed by atoms with van der Waals surface area (Å²) in [6.45, 7) is 4.24. The van der Waals surface area contributed by atoms with Gasteiger partial charge in [0.15, 0.2) is 0 Å². The third-order valence-corrected chi connectivity index (χ3v) is 3.70. The molecule has 25 heavy (non-hydrogen) atoms. The lowest BCUT2D eigenvalue weighted by molar-refractivity contribution is -0.137. The first-order valence-electron chi connectivity index (χ1n) is 8.08. The molecule has 132 valence electrons. The first-order chi connectivity index (χ1) is 11.9. The average molecular weight is 343 g/mol. The number of carbonyl (C=O) groups is 2. The van der Waals surface area contributed by atoms with Crippen LogP contribution in [0.2, 0.25) is 0 Å². The van der Waals surface area contributed by atoms with Crippen molar-refractivity contribution < 1.29 is 14.7 Å². The molecule has 0 aliphatic carbocycles. The molecular weight excluding hydrogens is 322 g/mol. The van der Waals surface area contributed by atoms with E-state index in [-0.39, 0.29) is 17.7 Å². The fourth-order valence-corrected chi connectivity index (χ4v) is 2.40. The summed E-state index contributed by atoms with van der Waals surface area (Å²) < 4.78 is 1.23. The number of carboxylic acids is 1. The van der Waals surface area contributed by atoms with Crippen LogP contribution in [-0.2, 0) is 11.3 Å². The second-order valence-corrected chi connectivity index (χ2v) is 5.81. The van der Waals surface area contributed by atoms with Crippen LogP contribution in [0, 0.1) is 6.92 Å². The number of hydrogen-bond acceptors (Lipinski definition) is 4. The van der Waals surface area contributed by atoms with E-state index in [2.05, 4.69) is 10.4 Å². The van der Waals surface area contributed by atoms with Gasteiger partial charge in [-0.05, 0) is 25.0 Å². The van der Waals surface area contributed by atoms with Gasteiger partial charge in [-0.2, -0.15) is 5.10 Å². The Labute approximate surface area is 145 Å². The lowest BCUT2D eigenvalue weighted by Gasteiger charge is -2.17. The largest absolute Gasteiger partial charge is 0.481 e. The molecule has 0 aliphatic rings. The van der Waals surface area contributed by atoms with Crippen LogP contribution in [0.15, 0.2) is 41.2 Å². The SMILES string of the molecule is CCCn1nc(C(=O)N[C@H](CC(=O)O)c2ccc(C)cc2)ccc1=O. The van der Waals surface area contributed by atoms with E-state index >= 15 is 0 Å². The van der Waals surface area contributed by atoms with Gasteiger partial charge in [0.25, 0.3) is 11.5 Å². The Balaban J connectivity index is 2.24. The van der Waals surface area contributed by atoms with Gasteiger partial charge in [-0.25, -0.2) is 4.68 Å². The minimum atomic E-state index is -1.02. The molecule has 0 spiro atoms. The Morgan fingerprint density at radius 3 is 2.48 bits per heavy atom. The van der Waals surface area contributed by atoms with Gasteiger partial charge in [0.05, 0.1) is 12.5 Å². The van der Waals surface area contributed by atoms with E-state index in [1.807, 2.05) is 26.0 Å². The molecule has 1 aromatic carbocycles. The number of hydrogen-bond donors (Lipinski definition) is 2. The lowest BCUT2D eigenvalue weighted by Crippen LogP contribution is -2.33. The Bertz CT molecular complexity index is 812. The summed E-state index contributed by atoms with van der Waals surface area (Å²) in [6, 6.07) is 9.24. The minimum absolute atomic E-state index is 0.0792. The van der Waals surface area contributed by atoms with Gasteiger partial charge in [-0.3, -0.25) is 14.4 Å². The molecule has 0 unspecified atom stereocenters. The van der Waals surface area contributed by atoms with Crippen molar-refractivity contribution in [2.24, 2.45) is 0 Å². The van der Waals surface area contributed by atoms with Crippen molar-refractivity contribution in [3.8, 4) is 0 Å². The number of nitrogens with one attached hydrogen (secondary N) is 1. The monoisotopic (exact) mass is 343 g/mol. The van der Waals surface area contributed by atoms with Gasteiger partial charge in [0, 0.05) is 12.6 Å². The van der Waals surface area contributed by atoms with E-state index in [1.54, 1.807) is 12.1 Å². The van der Waals surface area contributed by atoms with Crippen molar-refractivity contribution in [3.63, 3.8) is 0 Å². The zero-order valence-corrected chi connectivity index (χ0v) is 14.2. The zero-order valence-electron chi connectivity index (χ0n) is 14.2. The second kappa shape index (κ2) is 8.23. The number of carbonyl (C=O) groups excluding carboxylic acids is 1. The average Bonchev–Trinajstić information content (AvgIpc) is 2.56. The molecule has 2 rings (SSSR count). The molecule has 0 fully saturated rings. The highest BCUT2D eigenvalue weighted by Gasteiger charge is 2.20. The second-order valence-electron chi connectivity index (χ2n) is 5.81. The summed E-state index contributed by atoms with van der Waals surface area (Å²) >= 11 is 0. The summed E-state index contributed by atoms with van der Waals surface area (Å²) in [4.78, 5) is 35.3. The van der Waals surface area contributed by atoms with E-state index in [0.29, 0.717) is 18.5 Å². The molecule has 0 saturated carbocycles. The first-order valence-corrected chi connectivity index (χ1v) is 8.08. The summed E-state index contributed by atoms with van der Waals surface area (Å²) in [6.07, 6.45) is 0.465. The smallest absolute Gasteiger partial charge is 0.305 e. The lowest BCUT2D eigenvalue weighted by atomic mass is 10.0. The van der Waals surface area contributed by atoms with Crippen LogP contribution in [0.4, 0.5) is 0 Å². The van der Waals surface area contributed by atoms with Gasteiger partial charge in [-0.15, -0.1) is 0 Å². The van der Waals surface area contributed by atoms with E-state index in [1.165, 1.54) is 16.8 Å². The molecule has 0 saturated heterocycles. The summed E-state index contributed by atoms with van der Waals surface area (Å²) in [5, 5.41) is 15.9. The fourth-order valence-electron chi connectivity index (χ4n) is 2.40. The van der Waals surface area contributed by atoms with Crippen LogP contribution in [0.1, 0.15) is 47.4 Å². The third-order valence-electron chi connectivity index (χ3n) is 3.70. The number of aliphatic carboxylic acids is 1. The molecule has 1 heterocycles. The number of rotatable bonds is 7. The Morgan fingerprint density at radius 2 is 1.88 bits per heavy atom. The number of aromatic nitrogens is 2. The van der Waals surface area contributed by atoms with Crippen LogP contribution in [0.3, 0.4) is 0 Å². The summed E-state index contributed by atoms with van der Waals surface area (Å²) in [5.41, 5.74) is 1.54. The van der Waals surface area contributed by atoms with Crippen LogP contribution in [0.25, 0.3) is 0 Å². The highest BCUT2D eigenvalue weighted by molar-refractivity contribution is 5.92. The van der Waals surface area contributed by atoms with Gasteiger partial charge in [0.1, 0.15) is 5.69 Å². The quantitative estimate of drug-likeness (QED) is 0.799. The maximum atomic E-state index is 12.5. The molecule has 1 atom stereocenters. The van der Waals surface area contributed by atoms with Crippen LogP contribution in [0.5, 0.6) is 0 Å². The number of benzene rings is 1. The first kappa shape index (κ1) is 18.4. The Morgan fingerprint density at radius 1 is 1.20 bits per heavy atom. The number of carboxylic acid groups (broad SMARTS) is 1. The number of aryl methyl sites for hydroxylation is 2. The molecule has 2 N–H and O–H groups in total. The van der Waals surface area contributed by atoms with Gasteiger partial charge < -0.3 is 10.4 Å². The van der Waals surface area contributed by atoms with Crippen molar-refractivity contribution >= 4 is 11.9 Å². The fraction of sp³-hybridized carbons (Fsp3) is 0.333. The molecule has 7 heteroatoms. The summed E-state index contributed by atoms with van der Waals surface area (Å²) in [7, 11) is 0. The van der Waals surface area contributed by atoms with Gasteiger partial charge in [-0.1, -0.05) is 36.8 Å². The standard InChI is InChI=1S/C18H21N3O4/c1-3-10-21-16(22)9-8-14(20-21)18(25)19-15(11-17(23)24)13-6-4-12(2)5-7-13/h4-9,15H,3,10-11H2,1-2H3,(H,19,25)(H,23,24)/t15-/m1/s1. The number of amides is 1. The van der Waals surface area contributed by atoms with Crippen LogP contribution in [-0.4, -0.2) is 26.8 Å². The zero-order chi connectivity index (χ0) is 18.4. The molecule has 2 aromatic rings. The highest BCUT2D eigenvalue weighted by atomic mass is 16.4. The van der Waals surface area contributed by atoms with Crippen molar-refractivity contribution in [2.45, 2.75) is 39.3 Å². The van der Waals surface area contributed by atoms with Crippen molar-refractivity contribution in [1.29, 1.82) is 0 Å². The molecule has 0 aliphatic heterocycles.